The van der Waals surface area contributed by atoms with Crippen LogP contribution in [0.5, 0.6) is 0 Å². The monoisotopic (exact) mass is 345 g/mol. The van der Waals surface area contributed by atoms with E-state index in [0.29, 0.717) is 17.4 Å². The van der Waals surface area contributed by atoms with E-state index < -0.39 is 0 Å². The Labute approximate surface area is 151 Å². The van der Waals surface area contributed by atoms with Crippen molar-refractivity contribution < 1.29 is 4.79 Å². The molecule has 0 saturated carbocycles. The maximum Gasteiger partial charge on any atom is 0.272 e. The van der Waals surface area contributed by atoms with Crippen molar-refractivity contribution in [1.82, 2.24) is 24.7 Å². The second-order valence-electron chi connectivity index (χ2n) is 7.46. The number of likely N-dealkylation sites (N-methyl/N-ethyl adjacent to an activating group) is 1. The van der Waals surface area contributed by atoms with Gasteiger partial charge in [-0.1, -0.05) is 6.92 Å². The summed E-state index contributed by atoms with van der Waals surface area (Å²) >= 11 is 0. The van der Waals surface area contributed by atoms with Gasteiger partial charge in [0.05, 0.1) is 0 Å². The summed E-state index contributed by atoms with van der Waals surface area (Å²) in [6.07, 6.45) is 3.50. The van der Waals surface area contributed by atoms with Crippen LogP contribution in [-0.2, 0) is 0 Å². The van der Waals surface area contributed by atoms with Crippen LogP contribution < -0.4 is 0 Å². The molecule has 6 nitrogen and oxygen atoms in total. The molecular weight excluding hydrogens is 314 g/mol. The predicted molar refractivity (Wildman–Crippen MR) is 98.9 cm³/mol. The largest absolute Gasteiger partial charge is 0.335 e. The molecular formula is C19H31N5O. The molecule has 3 heterocycles. The molecule has 0 N–H and O–H groups in total. The Bertz CT molecular complexity index is 597. The number of carbonyl (C=O) groups excluding carboxylic acids is 1. The first-order valence-corrected chi connectivity index (χ1v) is 9.62. The van der Waals surface area contributed by atoms with E-state index in [1.165, 1.54) is 6.42 Å². The van der Waals surface area contributed by atoms with Crippen molar-refractivity contribution in [2.45, 2.75) is 39.0 Å². The summed E-state index contributed by atoms with van der Waals surface area (Å²) in [6, 6.07) is 1.94. The Kier molecular flexibility index (Phi) is 6.02. The van der Waals surface area contributed by atoms with Gasteiger partial charge in [0.2, 0.25) is 0 Å². The first kappa shape index (κ1) is 18.3. The van der Waals surface area contributed by atoms with Crippen LogP contribution >= 0.6 is 0 Å². The first-order chi connectivity index (χ1) is 12.1. The zero-order valence-corrected chi connectivity index (χ0v) is 15.9. The van der Waals surface area contributed by atoms with Crippen LogP contribution in [0.4, 0.5) is 0 Å². The van der Waals surface area contributed by atoms with Gasteiger partial charge in [0.15, 0.2) is 0 Å². The van der Waals surface area contributed by atoms with Gasteiger partial charge in [-0.15, -0.1) is 0 Å². The molecule has 3 rings (SSSR count). The Morgan fingerprint density at radius 1 is 1.20 bits per heavy atom. The average Bonchev–Trinajstić information content (AvgIpc) is 2.61. The molecule has 2 aliphatic heterocycles. The van der Waals surface area contributed by atoms with Crippen molar-refractivity contribution >= 4 is 5.91 Å². The van der Waals surface area contributed by atoms with Crippen LogP contribution in [0.3, 0.4) is 0 Å². The van der Waals surface area contributed by atoms with Crippen molar-refractivity contribution in [1.29, 1.82) is 0 Å². The lowest BCUT2D eigenvalue weighted by molar-refractivity contribution is 0.0631. The number of likely N-dealkylation sites (tertiary alicyclic amines) is 1. The minimum absolute atomic E-state index is 0.0621. The molecule has 0 bridgehead atoms. The lowest BCUT2D eigenvalue weighted by Crippen LogP contribution is -2.49. The van der Waals surface area contributed by atoms with Gasteiger partial charge in [0.1, 0.15) is 11.5 Å². The zero-order valence-electron chi connectivity index (χ0n) is 15.9. The van der Waals surface area contributed by atoms with E-state index in [9.17, 15) is 4.79 Å². The molecule has 2 aliphatic rings. The standard InChI is InChI=1S/C19H31N5O/c1-4-7-23-9-11-24(12-10-23)19(25)18-13-17(20-15(2)21-18)16-6-5-8-22(3)14-16/h13,16H,4-12,14H2,1-3H3/t16-/m1/s1. The zero-order chi connectivity index (χ0) is 17.8. The summed E-state index contributed by atoms with van der Waals surface area (Å²) in [4.78, 5) is 28.7. The molecule has 0 aromatic carbocycles. The third-order valence-corrected chi connectivity index (χ3v) is 5.32. The van der Waals surface area contributed by atoms with Crippen molar-refractivity contribution in [2.75, 3.05) is 52.9 Å². The molecule has 1 aromatic heterocycles. The molecule has 0 radical (unpaired) electrons. The van der Waals surface area contributed by atoms with Crippen LogP contribution in [0.2, 0.25) is 0 Å². The number of nitrogens with zero attached hydrogens (tertiary/aromatic N) is 5. The quantitative estimate of drug-likeness (QED) is 0.832. The molecule has 0 unspecified atom stereocenters. The van der Waals surface area contributed by atoms with Gasteiger partial charge in [-0.2, -0.15) is 0 Å². The molecule has 25 heavy (non-hydrogen) atoms. The van der Waals surface area contributed by atoms with Crippen molar-refractivity contribution in [2.24, 2.45) is 0 Å². The van der Waals surface area contributed by atoms with Gasteiger partial charge >= 0.3 is 0 Å². The van der Waals surface area contributed by atoms with Gasteiger partial charge < -0.3 is 9.80 Å². The van der Waals surface area contributed by atoms with Gasteiger partial charge in [0.25, 0.3) is 5.91 Å². The highest BCUT2D eigenvalue weighted by atomic mass is 16.2. The molecule has 1 atom stereocenters. The summed E-state index contributed by atoms with van der Waals surface area (Å²) < 4.78 is 0. The molecule has 2 fully saturated rings. The minimum Gasteiger partial charge on any atom is -0.335 e. The highest BCUT2D eigenvalue weighted by molar-refractivity contribution is 5.92. The molecule has 138 valence electrons. The maximum absolute atomic E-state index is 12.9. The van der Waals surface area contributed by atoms with Crippen LogP contribution in [0.15, 0.2) is 6.07 Å². The third kappa shape index (κ3) is 4.55. The van der Waals surface area contributed by atoms with Crippen molar-refractivity contribution in [3.8, 4) is 0 Å². The number of rotatable bonds is 4. The molecule has 2 saturated heterocycles. The number of carbonyl (C=O) groups is 1. The lowest BCUT2D eigenvalue weighted by Gasteiger charge is -2.34. The highest BCUT2D eigenvalue weighted by Gasteiger charge is 2.26. The Morgan fingerprint density at radius 3 is 2.64 bits per heavy atom. The summed E-state index contributed by atoms with van der Waals surface area (Å²) in [5.74, 6) is 1.18. The van der Waals surface area contributed by atoms with E-state index in [1.807, 2.05) is 17.9 Å². The normalized spacial score (nSPS) is 23.0. The van der Waals surface area contributed by atoms with Gasteiger partial charge in [-0.05, 0) is 52.4 Å². The summed E-state index contributed by atoms with van der Waals surface area (Å²) in [5, 5.41) is 0. The maximum atomic E-state index is 12.9. The van der Waals surface area contributed by atoms with Crippen molar-refractivity contribution in [3.63, 3.8) is 0 Å². The van der Waals surface area contributed by atoms with Gasteiger partial charge in [-0.3, -0.25) is 9.69 Å². The van der Waals surface area contributed by atoms with E-state index in [4.69, 9.17) is 0 Å². The van der Waals surface area contributed by atoms with E-state index in [2.05, 4.69) is 33.7 Å². The summed E-state index contributed by atoms with van der Waals surface area (Å²) in [7, 11) is 2.15. The number of piperazine rings is 1. The highest BCUT2D eigenvalue weighted by Crippen LogP contribution is 2.25. The molecule has 0 spiro atoms. The van der Waals surface area contributed by atoms with Gasteiger partial charge in [0, 0.05) is 44.3 Å². The Balaban J connectivity index is 1.70. The minimum atomic E-state index is 0.0621. The molecule has 1 aromatic rings. The number of aryl methyl sites for hydroxylation is 1. The van der Waals surface area contributed by atoms with Crippen LogP contribution in [0.25, 0.3) is 0 Å². The summed E-state index contributed by atoms with van der Waals surface area (Å²) in [5.41, 5.74) is 1.60. The number of amides is 1. The van der Waals surface area contributed by atoms with E-state index in [-0.39, 0.29) is 5.91 Å². The average molecular weight is 345 g/mol. The van der Waals surface area contributed by atoms with Gasteiger partial charge in [-0.25, -0.2) is 9.97 Å². The van der Waals surface area contributed by atoms with Crippen LogP contribution in [-0.4, -0.2) is 83.4 Å². The topological polar surface area (TPSA) is 52.6 Å². The van der Waals surface area contributed by atoms with E-state index in [0.717, 1.165) is 64.3 Å². The second kappa shape index (κ2) is 8.23. The lowest BCUT2D eigenvalue weighted by atomic mass is 9.94. The fourth-order valence-corrected chi connectivity index (χ4v) is 3.97. The molecule has 6 heteroatoms. The number of hydrogen-bond acceptors (Lipinski definition) is 5. The van der Waals surface area contributed by atoms with Crippen molar-refractivity contribution in [3.05, 3.63) is 23.3 Å². The Morgan fingerprint density at radius 2 is 1.96 bits per heavy atom. The smallest absolute Gasteiger partial charge is 0.272 e. The number of hydrogen-bond donors (Lipinski definition) is 0. The number of piperidine rings is 1. The number of aromatic nitrogens is 2. The first-order valence-electron chi connectivity index (χ1n) is 9.62. The summed E-state index contributed by atoms with van der Waals surface area (Å²) in [6.45, 7) is 10.9. The third-order valence-electron chi connectivity index (χ3n) is 5.32. The second-order valence-corrected chi connectivity index (χ2v) is 7.46. The fraction of sp³-hybridized carbons (Fsp3) is 0.737. The SMILES string of the molecule is CCCN1CCN(C(=O)c2cc([C@@H]3CCCN(C)C3)nc(C)n2)CC1. The van der Waals surface area contributed by atoms with E-state index >= 15 is 0 Å². The van der Waals surface area contributed by atoms with E-state index in [1.54, 1.807) is 0 Å². The Hall–Kier alpha value is -1.53. The molecule has 0 aliphatic carbocycles. The van der Waals surface area contributed by atoms with Crippen LogP contribution in [0.1, 0.15) is 54.1 Å². The fourth-order valence-electron chi connectivity index (χ4n) is 3.97. The van der Waals surface area contributed by atoms with Crippen LogP contribution in [0, 0.1) is 6.92 Å². The molecule has 1 amide bonds. The predicted octanol–water partition coefficient (Wildman–Crippen LogP) is 1.76.